The lowest BCUT2D eigenvalue weighted by molar-refractivity contribution is -0.274. The van der Waals surface area contributed by atoms with Crippen LogP contribution in [0.25, 0.3) is 17.1 Å². The van der Waals surface area contributed by atoms with Crippen molar-refractivity contribution in [2.24, 2.45) is 4.99 Å². The number of ether oxygens (including phenoxy) is 1. The molecule has 1 aromatic heterocycles. The van der Waals surface area contributed by atoms with Crippen molar-refractivity contribution < 1.29 is 31.5 Å². The minimum atomic E-state index is -4.80. The maximum Gasteiger partial charge on any atom is 0.573 e. The predicted octanol–water partition coefficient (Wildman–Crippen LogP) is 8.50. The summed E-state index contributed by atoms with van der Waals surface area (Å²) in [7, 11) is 0. The zero-order valence-corrected chi connectivity index (χ0v) is 26.7. The van der Waals surface area contributed by atoms with Gasteiger partial charge in [-0.05, 0) is 73.7 Å². The summed E-state index contributed by atoms with van der Waals surface area (Å²) in [4.78, 5) is 23.2. The lowest BCUT2D eigenvalue weighted by Gasteiger charge is -2.37. The monoisotopic (exact) mass is 672 g/mol. The van der Waals surface area contributed by atoms with E-state index in [1.54, 1.807) is 0 Å². The predicted molar refractivity (Wildman–Crippen MR) is 172 cm³/mol. The number of thioether (sulfide) groups is 1. The number of benzene rings is 3. The molecule has 1 N–H and O–H groups in total. The highest BCUT2D eigenvalue weighted by atomic mass is 32.2. The Labute approximate surface area is 273 Å². The molecule has 0 saturated carbocycles. The summed E-state index contributed by atoms with van der Waals surface area (Å²) < 4.78 is 72.7. The molecule has 248 valence electrons. The Morgan fingerprint density at radius 1 is 1.11 bits per heavy atom. The van der Waals surface area contributed by atoms with Crippen LogP contribution in [0, 0.1) is 6.92 Å². The number of aliphatic imine (C=N–C) groups is 1. The molecule has 14 heteroatoms. The van der Waals surface area contributed by atoms with Crippen LogP contribution in [0.15, 0.2) is 78.0 Å². The van der Waals surface area contributed by atoms with Gasteiger partial charge in [-0.15, -0.1) is 18.3 Å². The summed E-state index contributed by atoms with van der Waals surface area (Å²) in [5.41, 5.74) is 4.07. The summed E-state index contributed by atoms with van der Waals surface area (Å²) in [6.07, 6.45) is -5.28. The number of alkyl halides is 5. The van der Waals surface area contributed by atoms with Crippen molar-refractivity contribution in [2.45, 2.75) is 64.9 Å². The molecular weight excluding hydrogens is 639 g/mol. The maximum atomic E-state index is 15.2. The van der Waals surface area contributed by atoms with E-state index in [1.165, 1.54) is 59.2 Å². The fourth-order valence-electron chi connectivity index (χ4n) is 5.13. The smallest absolute Gasteiger partial charge is 0.406 e. The van der Waals surface area contributed by atoms with Gasteiger partial charge < -0.3 is 15.0 Å². The first-order chi connectivity index (χ1) is 22.4. The zero-order valence-electron chi connectivity index (χ0n) is 25.8. The number of aromatic nitrogens is 3. The summed E-state index contributed by atoms with van der Waals surface area (Å²) >= 11 is 1.40. The van der Waals surface area contributed by atoms with Crippen molar-refractivity contribution in [3.63, 3.8) is 0 Å². The van der Waals surface area contributed by atoms with Gasteiger partial charge in [0.05, 0.1) is 5.69 Å². The lowest BCUT2D eigenvalue weighted by Crippen LogP contribution is -2.43. The average Bonchev–Trinajstić information content (AvgIpc) is 3.52. The Kier molecular flexibility index (Phi) is 10.5. The third-order valence-electron chi connectivity index (χ3n) is 7.46. The fourth-order valence-corrected chi connectivity index (χ4v) is 6.34. The number of hydrogen-bond donors (Lipinski definition) is 1. The van der Waals surface area contributed by atoms with Gasteiger partial charge in [-0.25, -0.2) is 23.2 Å². The van der Waals surface area contributed by atoms with Crippen molar-refractivity contribution in [1.82, 2.24) is 20.1 Å². The molecule has 3 unspecified atom stereocenters. The van der Waals surface area contributed by atoms with Crippen LogP contribution in [0.5, 0.6) is 5.75 Å². The normalized spacial score (nSPS) is 17.4. The highest BCUT2D eigenvalue weighted by Gasteiger charge is 2.31. The number of hydrogen-bond acceptors (Lipinski definition) is 5. The van der Waals surface area contributed by atoms with Crippen LogP contribution in [0.2, 0.25) is 0 Å². The van der Waals surface area contributed by atoms with E-state index in [9.17, 15) is 18.0 Å². The van der Waals surface area contributed by atoms with E-state index in [0.717, 1.165) is 54.0 Å². The number of amidine groups is 1. The largest absolute Gasteiger partial charge is 0.573 e. The quantitative estimate of drug-likeness (QED) is 0.142. The van der Waals surface area contributed by atoms with Gasteiger partial charge in [0.2, 0.25) is 6.30 Å². The van der Waals surface area contributed by atoms with E-state index in [-0.39, 0.29) is 23.2 Å². The van der Waals surface area contributed by atoms with Crippen LogP contribution in [0.1, 0.15) is 49.6 Å². The van der Waals surface area contributed by atoms with Crippen LogP contribution < -0.4 is 15.0 Å². The van der Waals surface area contributed by atoms with Crippen LogP contribution >= 0.6 is 11.8 Å². The molecule has 2 heterocycles. The van der Waals surface area contributed by atoms with Gasteiger partial charge in [0.1, 0.15) is 12.1 Å². The third-order valence-corrected chi connectivity index (χ3v) is 8.45. The van der Waals surface area contributed by atoms with Gasteiger partial charge in [-0.1, -0.05) is 61.5 Å². The minimum absolute atomic E-state index is 0.0138. The third kappa shape index (κ3) is 8.47. The molecule has 4 aromatic rings. The second-order valence-corrected chi connectivity index (χ2v) is 12.1. The maximum absolute atomic E-state index is 15.2. The van der Waals surface area contributed by atoms with Crippen molar-refractivity contribution in [2.75, 3.05) is 10.7 Å². The Morgan fingerprint density at radius 2 is 1.83 bits per heavy atom. The summed E-state index contributed by atoms with van der Waals surface area (Å²) in [6, 6.07) is 16.1. The van der Waals surface area contributed by atoms with E-state index >= 15 is 8.78 Å². The number of anilines is 1. The highest BCUT2D eigenvalue weighted by molar-refractivity contribution is 8.14. The van der Waals surface area contributed by atoms with Crippen LogP contribution in [-0.2, 0) is 6.42 Å². The number of amides is 2. The van der Waals surface area contributed by atoms with E-state index in [0.29, 0.717) is 16.4 Å². The number of carbonyl (C=O) groups is 1. The van der Waals surface area contributed by atoms with E-state index in [1.807, 2.05) is 23.2 Å². The molecule has 8 nitrogen and oxygen atoms in total. The van der Waals surface area contributed by atoms with Crippen molar-refractivity contribution in [1.29, 1.82) is 0 Å². The number of rotatable bonds is 9. The minimum Gasteiger partial charge on any atom is -0.406 e. The summed E-state index contributed by atoms with van der Waals surface area (Å²) in [5.74, 6) is 0.620. The van der Waals surface area contributed by atoms with Gasteiger partial charge in [-0.2, -0.15) is 4.99 Å². The number of nitrogens with one attached hydrogen (secondary N) is 1. The molecule has 1 aliphatic rings. The first-order valence-electron chi connectivity index (χ1n) is 15.0. The second kappa shape index (κ2) is 14.5. The molecule has 0 aliphatic carbocycles. The molecule has 1 aliphatic heterocycles. The van der Waals surface area contributed by atoms with Gasteiger partial charge in [0.15, 0.2) is 17.2 Å². The molecule has 2 amide bonds. The Hall–Kier alpha value is -4.46. The SMILES string of the molecule is CCCc1ccc(C)cc1N1/C(=N/C(=O)NC(F)C(F)c2ccc(-c3ncn(-c4ccc(OC(F)(F)F)cc4)n3)cc2)SCCC1C. The summed E-state index contributed by atoms with van der Waals surface area (Å²) in [6.45, 7) is 6.15. The molecule has 3 atom stereocenters. The van der Waals surface area contributed by atoms with Crippen LogP contribution in [0.4, 0.5) is 32.4 Å². The first-order valence-corrected chi connectivity index (χ1v) is 16.0. The average molecular weight is 673 g/mol. The molecule has 3 aromatic carbocycles. The van der Waals surface area contributed by atoms with Gasteiger partial charge in [0.25, 0.3) is 0 Å². The van der Waals surface area contributed by atoms with Gasteiger partial charge in [-0.3, -0.25) is 0 Å². The number of nitrogens with zero attached hydrogens (tertiary/aromatic N) is 5. The Morgan fingerprint density at radius 3 is 2.51 bits per heavy atom. The topological polar surface area (TPSA) is 84.6 Å². The zero-order chi connectivity index (χ0) is 33.7. The molecule has 5 rings (SSSR count). The van der Waals surface area contributed by atoms with Crippen LogP contribution in [0.3, 0.4) is 0 Å². The first kappa shape index (κ1) is 33.9. The number of urea groups is 1. The standard InChI is InChI=1S/C33H33F5N6O2S/c1-4-5-22-7-6-20(2)18-27(22)44-21(3)16-17-47-32(44)41-31(45)40-29(35)28(34)23-8-10-24(11-9-23)30-39-19-43(42-30)25-12-14-26(15-13-25)46-33(36,37)38/h6-15,18-19,21,28-29H,4-5,16-17H2,1-3H3,(H,40,45)/b41-32-. The highest BCUT2D eigenvalue weighted by Crippen LogP contribution is 2.33. The number of halogens is 5. The van der Waals surface area contributed by atoms with E-state index in [4.69, 9.17) is 0 Å². The molecule has 0 radical (unpaired) electrons. The second-order valence-electron chi connectivity index (χ2n) is 11.1. The van der Waals surface area contributed by atoms with Gasteiger partial charge in [0, 0.05) is 23.0 Å². The Balaban J connectivity index is 1.24. The van der Waals surface area contributed by atoms with E-state index in [2.05, 4.69) is 45.8 Å². The van der Waals surface area contributed by atoms with E-state index < -0.39 is 24.9 Å². The van der Waals surface area contributed by atoms with Crippen molar-refractivity contribution in [3.8, 4) is 22.8 Å². The number of aryl methyl sites for hydroxylation is 2. The molecule has 1 saturated heterocycles. The van der Waals surface area contributed by atoms with Crippen molar-refractivity contribution in [3.05, 3.63) is 89.7 Å². The molecular formula is C33H33F5N6O2S. The molecule has 1 fully saturated rings. The molecule has 0 bridgehead atoms. The number of carbonyl (C=O) groups excluding carboxylic acids is 1. The molecule has 47 heavy (non-hydrogen) atoms. The van der Waals surface area contributed by atoms with Crippen LogP contribution in [-0.4, -0.2) is 50.4 Å². The summed E-state index contributed by atoms with van der Waals surface area (Å²) in [5, 5.41) is 6.79. The fraction of sp³-hybridized carbons (Fsp3) is 0.333. The Bertz CT molecular complexity index is 1710. The lowest BCUT2D eigenvalue weighted by atomic mass is 10.0. The van der Waals surface area contributed by atoms with Crippen molar-refractivity contribution >= 4 is 28.6 Å². The van der Waals surface area contributed by atoms with Gasteiger partial charge >= 0.3 is 12.4 Å². The molecule has 0 spiro atoms.